The summed E-state index contributed by atoms with van der Waals surface area (Å²) >= 11 is 5.91. The van der Waals surface area contributed by atoms with E-state index >= 15 is 0 Å². The maximum Gasteiger partial charge on any atom is 0.151 e. The first-order valence-electron chi connectivity index (χ1n) is 6.67. The van der Waals surface area contributed by atoms with Crippen LogP contribution < -0.4 is 11.1 Å². The lowest BCUT2D eigenvalue weighted by Gasteiger charge is -2.17. The van der Waals surface area contributed by atoms with Crippen LogP contribution >= 0.6 is 11.6 Å². The molecule has 106 valence electrons. The number of nitrogens with one attached hydrogen (secondary N) is 1. The molecule has 0 saturated carbocycles. The average Bonchev–Trinajstić information content (AvgIpc) is 2.50. The molecular weight excluding hydrogens is 284 g/mol. The molecule has 3 aromatic rings. The number of anilines is 2. The molecule has 1 atom stereocenters. The number of fused-ring (bicyclic) bond motifs is 1. The van der Waals surface area contributed by atoms with Crippen molar-refractivity contribution in [1.29, 1.82) is 0 Å². The monoisotopic (exact) mass is 298 g/mol. The summed E-state index contributed by atoms with van der Waals surface area (Å²) in [5.41, 5.74) is 8.61. The van der Waals surface area contributed by atoms with Gasteiger partial charge in [0.25, 0.3) is 0 Å². The Labute approximate surface area is 128 Å². The molecule has 0 aliphatic rings. The van der Waals surface area contributed by atoms with Crippen LogP contribution in [0.4, 0.5) is 11.5 Å². The summed E-state index contributed by atoms with van der Waals surface area (Å²) in [5, 5.41) is 4.82. The third-order valence-corrected chi connectivity index (χ3v) is 3.58. The number of nitrogens with two attached hydrogens (primary N) is 1. The van der Waals surface area contributed by atoms with Crippen LogP contribution in [0.3, 0.4) is 0 Å². The smallest absolute Gasteiger partial charge is 0.151 e. The number of nitrogens with zero attached hydrogens (tertiary/aromatic N) is 2. The maximum absolute atomic E-state index is 5.91. The van der Waals surface area contributed by atoms with Gasteiger partial charge in [-0.25, -0.2) is 4.98 Å². The van der Waals surface area contributed by atoms with Crippen molar-refractivity contribution in [2.24, 2.45) is 0 Å². The van der Waals surface area contributed by atoms with Crippen LogP contribution in [0.5, 0.6) is 0 Å². The Hall–Kier alpha value is -2.33. The minimum Gasteiger partial charge on any atom is -0.396 e. The molecular formula is C16H15ClN4. The third kappa shape index (κ3) is 2.90. The molecule has 4 nitrogen and oxygen atoms in total. The average molecular weight is 299 g/mol. The van der Waals surface area contributed by atoms with Gasteiger partial charge in [0.05, 0.1) is 17.2 Å². The van der Waals surface area contributed by atoms with Crippen molar-refractivity contribution in [2.75, 3.05) is 11.1 Å². The predicted octanol–water partition coefficient (Wildman–Crippen LogP) is 4.04. The second-order valence-corrected chi connectivity index (χ2v) is 5.28. The number of halogens is 1. The highest BCUT2D eigenvalue weighted by Gasteiger charge is 2.09. The van der Waals surface area contributed by atoms with E-state index < -0.39 is 0 Å². The van der Waals surface area contributed by atoms with Gasteiger partial charge in [-0.1, -0.05) is 23.7 Å². The summed E-state index contributed by atoms with van der Waals surface area (Å²) in [6.45, 7) is 2.06. The number of hydrogen-bond donors (Lipinski definition) is 2. The maximum atomic E-state index is 5.91. The number of hydrogen-bond acceptors (Lipinski definition) is 4. The standard InChI is InChI=1S/C16H15ClN4/c1-10(20-16-13(18)5-7-15(17)21-16)11-4-6-14-12(9-11)3-2-8-19-14/h2-10H,18H2,1H3,(H,20,21). The molecule has 5 heteroatoms. The molecule has 0 aliphatic carbocycles. The van der Waals surface area contributed by atoms with Crippen LogP contribution in [-0.4, -0.2) is 9.97 Å². The molecule has 1 aromatic carbocycles. The van der Waals surface area contributed by atoms with Crippen molar-refractivity contribution >= 4 is 34.0 Å². The Morgan fingerprint density at radius 2 is 2.05 bits per heavy atom. The van der Waals surface area contributed by atoms with Gasteiger partial charge in [-0.3, -0.25) is 4.98 Å². The molecule has 3 rings (SSSR count). The van der Waals surface area contributed by atoms with Crippen molar-refractivity contribution in [3.8, 4) is 0 Å². The number of pyridine rings is 2. The van der Waals surface area contributed by atoms with Crippen molar-refractivity contribution in [2.45, 2.75) is 13.0 Å². The Balaban J connectivity index is 1.89. The van der Waals surface area contributed by atoms with Crippen molar-refractivity contribution < 1.29 is 0 Å². The van der Waals surface area contributed by atoms with Gasteiger partial charge in [0.2, 0.25) is 0 Å². The fourth-order valence-corrected chi connectivity index (χ4v) is 2.36. The van der Waals surface area contributed by atoms with E-state index in [1.54, 1.807) is 18.3 Å². The van der Waals surface area contributed by atoms with Crippen molar-refractivity contribution in [3.63, 3.8) is 0 Å². The number of rotatable bonds is 3. The van der Waals surface area contributed by atoms with Gasteiger partial charge in [-0.05, 0) is 42.8 Å². The van der Waals surface area contributed by atoms with Gasteiger partial charge >= 0.3 is 0 Å². The zero-order valence-corrected chi connectivity index (χ0v) is 12.3. The van der Waals surface area contributed by atoms with E-state index in [-0.39, 0.29) is 6.04 Å². The van der Waals surface area contributed by atoms with Crippen LogP contribution in [0.25, 0.3) is 10.9 Å². The fourth-order valence-electron chi connectivity index (χ4n) is 2.21. The Morgan fingerprint density at radius 1 is 1.19 bits per heavy atom. The van der Waals surface area contributed by atoms with Gasteiger partial charge in [-0.2, -0.15) is 0 Å². The van der Waals surface area contributed by atoms with Gasteiger partial charge in [-0.15, -0.1) is 0 Å². The molecule has 0 spiro atoms. The van der Waals surface area contributed by atoms with E-state index in [9.17, 15) is 0 Å². The Morgan fingerprint density at radius 3 is 2.90 bits per heavy atom. The summed E-state index contributed by atoms with van der Waals surface area (Å²) in [6.07, 6.45) is 1.79. The summed E-state index contributed by atoms with van der Waals surface area (Å²) in [6, 6.07) is 13.6. The molecule has 0 saturated heterocycles. The largest absolute Gasteiger partial charge is 0.396 e. The summed E-state index contributed by atoms with van der Waals surface area (Å²) in [5.74, 6) is 0.598. The Kier molecular flexibility index (Phi) is 3.62. The van der Waals surface area contributed by atoms with Crippen LogP contribution in [0.2, 0.25) is 5.15 Å². The molecule has 0 fully saturated rings. The quantitative estimate of drug-likeness (QED) is 0.716. The highest BCUT2D eigenvalue weighted by Crippen LogP contribution is 2.25. The second kappa shape index (κ2) is 5.58. The summed E-state index contributed by atoms with van der Waals surface area (Å²) in [4.78, 5) is 8.54. The first kappa shape index (κ1) is 13.6. The molecule has 2 heterocycles. The van der Waals surface area contributed by atoms with E-state index in [1.165, 1.54) is 0 Å². The highest BCUT2D eigenvalue weighted by molar-refractivity contribution is 6.29. The van der Waals surface area contributed by atoms with E-state index in [0.29, 0.717) is 16.7 Å². The number of aromatic nitrogens is 2. The molecule has 0 radical (unpaired) electrons. The van der Waals surface area contributed by atoms with E-state index in [4.69, 9.17) is 17.3 Å². The molecule has 21 heavy (non-hydrogen) atoms. The number of benzene rings is 1. The SMILES string of the molecule is CC(Nc1nc(Cl)ccc1N)c1ccc2ncccc2c1. The summed E-state index contributed by atoms with van der Waals surface area (Å²) < 4.78 is 0. The van der Waals surface area contributed by atoms with E-state index in [0.717, 1.165) is 16.5 Å². The van der Waals surface area contributed by atoms with E-state index in [1.807, 2.05) is 24.3 Å². The van der Waals surface area contributed by atoms with Crippen molar-refractivity contribution in [1.82, 2.24) is 9.97 Å². The zero-order valence-electron chi connectivity index (χ0n) is 11.5. The summed E-state index contributed by atoms with van der Waals surface area (Å²) in [7, 11) is 0. The molecule has 0 bridgehead atoms. The lowest BCUT2D eigenvalue weighted by molar-refractivity contribution is 0.877. The second-order valence-electron chi connectivity index (χ2n) is 4.89. The molecule has 2 aromatic heterocycles. The van der Waals surface area contributed by atoms with Crippen LogP contribution in [0, 0.1) is 0 Å². The van der Waals surface area contributed by atoms with Crippen LogP contribution in [0.15, 0.2) is 48.7 Å². The molecule has 0 aliphatic heterocycles. The normalized spacial score (nSPS) is 12.3. The van der Waals surface area contributed by atoms with Gasteiger partial charge in [0.15, 0.2) is 5.82 Å². The Bertz CT molecular complexity index is 788. The first-order valence-corrected chi connectivity index (χ1v) is 7.04. The topological polar surface area (TPSA) is 63.8 Å². The van der Waals surface area contributed by atoms with Gasteiger partial charge in [0, 0.05) is 11.6 Å². The minimum absolute atomic E-state index is 0.0582. The fraction of sp³-hybridized carbons (Fsp3) is 0.125. The lowest BCUT2D eigenvalue weighted by atomic mass is 10.1. The lowest BCUT2D eigenvalue weighted by Crippen LogP contribution is -2.10. The highest BCUT2D eigenvalue weighted by atomic mass is 35.5. The molecule has 3 N–H and O–H groups in total. The number of nitrogen functional groups attached to an aromatic ring is 1. The minimum atomic E-state index is 0.0582. The third-order valence-electron chi connectivity index (χ3n) is 3.37. The van der Waals surface area contributed by atoms with Crippen LogP contribution in [-0.2, 0) is 0 Å². The first-order chi connectivity index (χ1) is 10.1. The molecule has 1 unspecified atom stereocenters. The van der Waals surface area contributed by atoms with Gasteiger partial charge in [0.1, 0.15) is 5.15 Å². The molecule has 0 amide bonds. The zero-order chi connectivity index (χ0) is 14.8. The van der Waals surface area contributed by atoms with E-state index in [2.05, 4.69) is 28.3 Å². The van der Waals surface area contributed by atoms with Crippen molar-refractivity contribution in [3.05, 3.63) is 59.4 Å². The predicted molar refractivity (Wildman–Crippen MR) is 87.4 cm³/mol. The van der Waals surface area contributed by atoms with Crippen LogP contribution in [0.1, 0.15) is 18.5 Å². The van der Waals surface area contributed by atoms with Gasteiger partial charge < -0.3 is 11.1 Å².